The molecule has 2 aromatic heterocycles. The molecular weight excluding hydrogens is 368 g/mol. The van der Waals surface area contributed by atoms with E-state index in [2.05, 4.69) is 44.6 Å². The molecule has 1 amide bonds. The fraction of sp³-hybridized carbons (Fsp3) is 0.619. The summed E-state index contributed by atoms with van der Waals surface area (Å²) in [5, 5.41) is 11.2. The highest BCUT2D eigenvalue weighted by molar-refractivity contribution is 5.91. The molecule has 0 bridgehead atoms. The summed E-state index contributed by atoms with van der Waals surface area (Å²) in [6, 6.07) is 4.60. The molecule has 0 radical (unpaired) electrons. The average Bonchev–Trinajstić information content (AvgIpc) is 3.19. The van der Waals surface area contributed by atoms with Gasteiger partial charge >= 0.3 is 0 Å². The van der Waals surface area contributed by atoms with Crippen molar-refractivity contribution < 1.29 is 9.53 Å². The van der Waals surface area contributed by atoms with Gasteiger partial charge in [0.05, 0.1) is 24.5 Å². The number of piperidine rings is 1. The highest BCUT2D eigenvalue weighted by Crippen LogP contribution is 2.56. The number of hydrogen-bond donors (Lipinski definition) is 1. The first-order chi connectivity index (χ1) is 14.1. The van der Waals surface area contributed by atoms with Crippen LogP contribution in [0.1, 0.15) is 53.5 Å². The second-order valence-electron chi connectivity index (χ2n) is 8.35. The highest BCUT2D eigenvalue weighted by Gasteiger charge is 2.49. The largest absolute Gasteiger partial charge is 0.383 e. The Morgan fingerprint density at radius 2 is 2.14 bits per heavy atom. The number of ether oxygens (including phenoxy) is 1. The van der Waals surface area contributed by atoms with E-state index in [9.17, 15) is 4.79 Å². The summed E-state index contributed by atoms with van der Waals surface area (Å²) in [4.78, 5) is 19.2. The number of pyridine rings is 1. The van der Waals surface area contributed by atoms with Crippen LogP contribution in [0, 0.1) is 12.3 Å². The van der Waals surface area contributed by atoms with Crippen molar-refractivity contribution in [2.75, 3.05) is 33.4 Å². The van der Waals surface area contributed by atoms with E-state index in [0.717, 1.165) is 44.6 Å². The lowest BCUT2D eigenvalue weighted by Gasteiger charge is -2.53. The predicted molar refractivity (Wildman–Crippen MR) is 108 cm³/mol. The smallest absolute Gasteiger partial charge is 0.273 e. The number of nitrogens with zero attached hydrogens (tertiary/aromatic N) is 5. The summed E-state index contributed by atoms with van der Waals surface area (Å²) < 4.78 is 6.88. The third-order valence-electron chi connectivity index (χ3n) is 6.49. The number of methoxy groups -OCH3 is 1. The van der Waals surface area contributed by atoms with Crippen molar-refractivity contribution in [3.8, 4) is 0 Å². The number of amides is 1. The van der Waals surface area contributed by atoms with Gasteiger partial charge in [0.1, 0.15) is 0 Å². The summed E-state index contributed by atoms with van der Waals surface area (Å²) in [5.41, 5.74) is 3.00. The zero-order valence-electron chi connectivity index (χ0n) is 17.3. The highest BCUT2D eigenvalue weighted by atomic mass is 16.5. The summed E-state index contributed by atoms with van der Waals surface area (Å²) in [6.07, 6.45) is 8.38. The van der Waals surface area contributed by atoms with Crippen LogP contribution in [-0.2, 0) is 11.3 Å². The molecule has 1 atom stereocenters. The van der Waals surface area contributed by atoms with E-state index < -0.39 is 0 Å². The minimum Gasteiger partial charge on any atom is -0.383 e. The average molecular weight is 399 g/mol. The molecule has 8 heteroatoms. The van der Waals surface area contributed by atoms with Gasteiger partial charge in [-0.15, -0.1) is 5.10 Å². The Kier molecular flexibility index (Phi) is 5.91. The quantitative estimate of drug-likeness (QED) is 0.718. The molecule has 1 saturated heterocycles. The van der Waals surface area contributed by atoms with Crippen molar-refractivity contribution in [1.29, 1.82) is 0 Å². The number of carbonyl (C=O) groups is 1. The first-order valence-electron chi connectivity index (χ1n) is 10.4. The fourth-order valence-electron chi connectivity index (χ4n) is 4.55. The molecule has 1 saturated carbocycles. The SMILES string of the molecule is COCCNC(=O)c1cn(C2CCC23CCN(Cc2ccc(C)cn2)CC3)nn1. The van der Waals surface area contributed by atoms with Gasteiger partial charge in [-0.25, -0.2) is 4.68 Å². The Morgan fingerprint density at radius 3 is 2.79 bits per heavy atom. The Balaban J connectivity index is 1.33. The third-order valence-corrected chi connectivity index (χ3v) is 6.49. The van der Waals surface area contributed by atoms with Crippen LogP contribution >= 0.6 is 0 Å². The van der Waals surface area contributed by atoms with E-state index in [1.807, 2.05) is 10.9 Å². The summed E-state index contributed by atoms with van der Waals surface area (Å²) >= 11 is 0. The number of rotatable bonds is 7. The fourth-order valence-corrected chi connectivity index (χ4v) is 4.55. The van der Waals surface area contributed by atoms with E-state index in [4.69, 9.17) is 4.74 Å². The molecule has 2 aliphatic rings. The molecule has 0 aromatic carbocycles. The molecule has 4 rings (SSSR count). The van der Waals surface area contributed by atoms with Gasteiger partial charge in [-0.3, -0.25) is 14.7 Å². The number of likely N-dealkylation sites (tertiary alicyclic amines) is 1. The molecule has 156 valence electrons. The van der Waals surface area contributed by atoms with E-state index in [1.54, 1.807) is 13.3 Å². The van der Waals surface area contributed by atoms with Crippen molar-refractivity contribution in [3.05, 3.63) is 41.5 Å². The van der Waals surface area contributed by atoms with Crippen LogP contribution in [0.15, 0.2) is 24.5 Å². The second-order valence-corrected chi connectivity index (χ2v) is 8.35. The van der Waals surface area contributed by atoms with Gasteiger partial charge in [-0.1, -0.05) is 11.3 Å². The third kappa shape index (κ3) is 4.33. The first-order valence-corrected chi connectivity index (χ1v) is 10.4. The lowest BCUT2D eigenvalue weighted by molar-refractivity contribution is -0.0336. The Morgan fingerprint density at radius 1 is 1.31 bits per heavy atom. The maximum Gasteiger partial charge on any atom is 0.273 e. The first kappa shape index (κ1) is 20.0. The van der Waals surface area contributed by atoms with Gasteiger partial charge in [0.2, 0.25) is 0 Å². The number of nitrogens with one attached hydrogen (secondary N) is 1. The maximum absolute atomic E-state index is 12.2. The van der Waals surface area contributed by atoms with Crippen molar-refractivity contribution in [1.82, 2.24) is 30.2 Å². The Labute approximate surface area is 171 Å². The van der Waals surface area contributed by atoms with Crippen LogP contribution in [0.25, 0.3) is 0 Å². The van der Waals surface area contributed by atoms with Gasteiger partial charge in [-0.05, 0) is 62.7 Å². The molecule has 1 unspecified atom stereocenters. The molecule has 2 fully saturated rings. The molecule has 8 nitrogen and oxygen atoms in total. The molecule has 29 heavy (non-hydrogen) atoms. The standard InChI is InChI=1S/C21H30N6O2/c1-16-3-4-17(23-13-16)14-26-10-7-21(8-11-26)6-5-19(21)27-15-18(24-25-27)20(28)22-9-12-29-2/h3-4,13,15,19H,5-12,14H2,1-2H3,(H,22,28). The van der Waals surface area contributed by atoms with E-state index in [0.29, 0.717) is 24.9 Å². The second kappa shape index (κ2) is 8.59. The summed E-state index contributed by atoms with van der Waals surface area (Å²) in [5.74, 6) is -0.193. The zero-order valence-corrected chi connectivity index (χ0v) is 17.3. The normalized spacial score (nSPS) is 21.1. The monoisotopic (exact) mass is 398 g/mol. The van der Waals surface area contributed by atoms with Crippen molar-refractivity contribution in [2.24, 2.45) is 5.41 Å². The molecule has 1 spiro atoms. The van der Waals surface area contributed by atoms with Gasteiger partial charge in [0.15, 0.2) is 5.69 Å². The number of aryl methyl sites for hydroxylation is 1. The minimum absolute atomic E-state index is 0.193. The van der Waals surface area contributed by atoms with Crippen LogP contribution in [0.2, 0.25) is 0 Å². The minimum atomic E-state index is -0.193. The van der Waals surface area contributed by atoms with Gasteiger partial charge in [0, 0.05) is 26.4 Å². The van der Waals surface area contributed by atoms with E-state index in [-0.39, 0.29) is 11.3 Å². The summed E-state index contributed by atoms with van der Waals surface area (Å²) in [6.45, 7) is 6.09. The van der Waals surface area contributed by atoms with Gasteiger partial charge in [-0.2, -0.15) is 0 Å². The van der Waals surface area contributed by atoms with Crippen LogP contribution in [0.4, 0.5) is 0 Å². The maximum atomic E-state index is 12.2. The van der Waals surface area contributed by atoms with Crippen molar-refractivity contribution in [2.45, 2.75) is 45.2 Å². The van der Waals surface area contributed by atoms with Crippen molar-refractivity contribution in [3.63, 3.8) is 0 Å². The lowest BCUT2D eigenvalue weighted by atomic mass is 9.59. The molecule has 3 heterocycles. The van der Waals surface area contributed by atoms with Crippen LogP contribution in [0.5, 0.6) is 0 Å². The predicted octanol–water partition coefficient (Wildman–Crippen LogP) is 1.98. The van der Waals surface area contributed by atoms with E-state index >= 15 is 0 Å². The van der Waals surface area contributed by atoms with Gasteiger partial charge in [0.25, 0.3) is 5.91 Å². The van der Waals surface area contributed by atoms with Crippen LogP contribution in [-0.4, -0.2) is 64.1 Å². The topological polar surface area (TPSA) is 85.2 Å². The summed E-state index contributed by atoms with van der Waals surface area (Å²) in [7, 11) is 1.61. The number of hydrogen-bond acceptors (Lipinski definition) is 6. The zero-order chi connectivity index (χ0) is 20.3. The Hall–Kier alpha value is -2.32. The molecular formula is C21H30N6O2. The van der Waals surface area contributed by atoms with E-state index in [1.165, 1.54) is 12.0 Å². The number of carbonyl (C=O) groups excluding carboxylic acids is 1. The van der Waals surface area contributed by atoms with Gasteiger partial charge < -0.3 is 10.1 Å². The molecule has 1 aliphatic carbocycles. The molecule has 1 aliphatic heterocycles. The van der Waals surface area contributed by atoms with Crippen LogP contribution in [0.3, 0.4) is 0 Å². The van der Waals surface area contributed by atoms with Crippen molar-refractivity contribution >= 4 is 5.91 Å². The number of aromatic nitrogens is 4. The molecule has 1 N–H and O–H groups in total. The molecule has 2 aromatic rings. The van der Waals surface area contributed by atoms with Crippen LogP contribution < -0.4 is 5.32 Å². The lowest BCUT2D eigenvalue weighted by Crippen LogP contribution is -2.49. The Bertz CT molecular complexity index is 826.